The Bertz CT molecular complexity index is 955. The molecule has 3 aromatic rings. The fourth-order valence-corrected chi connectivity index (χ4v) is 3.48. The van der Waals surface area contributed by atoms with Crippen LogP contribution in [0.15, 0.2) is 64.1 Å². The van der Waals surface area contributed by atoms with Crippen molar-refractivity contribution in [1.29, 1.82) is 0 Å². The summed E-state index contributed by atoms with van der Waals surface area (Å²) in [7, 11) is -2.43. The minimum absolute atomic E-state index is 0.0105. The second kappa shape index (κ2) is 6.54. The van der Waals surface area contributed by atoms with Crippen molar-refractivity contribution in [3.8, 4) is 16.9 Å². The van der Waals surface area contributed by atoms with Crippen LogP contribution in [0, 0.1) is 0 Å². The highest BCUT2D eigenvalue weighted by Crippen LogP contribution is 2.31. The first kappa shape index (κ1) is 16.4. The number of halogens is 1. The molecule has 0 atom stereocenters. The molecule has 8 heteroatoms. The van der Waals surface area contributed by atoms with Crippen molar-refractivity contribution in [2.45, 2.75) is 4.90 Å². The summed E-state index contributed by atoms with van der Waals surface area (Å²) in [6.45, 7) is 0. The van der Waals surface area contributed by atoms with Gasteiger partial charge < -0.3 is 9.26 Å². The number of aromatic nitrogens is 1. The second-order valence-electron chi connectivity index (χ2n) is 4.84. The summed E-state index contributed by atoms with van der Waals surface area (Å²) in [6.07, 6.45) is 1.45. The molecule has 0 aliphatic carbocycles. The van der Waals surface area contributed by atoms with Crippen LogP contribution in [0.2, 0.25) is 5.02 Å². The SMILES string of the molecule is COc1ccc(S(=O)(=O)Nc2oncc2-c2ccccc2)cc1Cl. The minimum atomic E-state index is -3.88. The van der Waals surface area contributed by atoms with Crippen molar-refractivity contribution in [2.24, 2.45) is 0 Å². The Morgan fingerprint density at radius 2 is 1.92 bits per heavy atom. The van der Waals surface area contributed by atoms with Crippen LogP contribution in [0.1, 0.15) is 0 Å². The molecule has 0 spiro atoms. The van der Waals surface area contributed by atoms with Crippen LogP contribution < -0.4 is 9.46 Å². The standard InChI is InChI=1S/C16H13ClN2O4S/c1-22-15-8-7-12(9-14(15)17)24(20,21)19-16-13(10-18-23-16)11-5-3-2-4-6-11/h2-10,19H,1H3. The van der Waals surface area contributed by atoms with Crippen LogP contribution in [0.4, 0.5) is 5.88 Å². The second-order valence-corrected chi connectivity index (χ2v) is 6.93. The molecule has 0 saturated heterocycles. The molecule has 0 aliphatic heterocycles. The van der Waals surface area contributed by atoms with Gasteiger partial charge in [0.25, 0.3) is 10.0 Å². The van der Waals surface area contributed by atoms with E-state index in [0.717, 1.165) is 5.56 Å². The zero-order valence-electron chi connectivity index (χ0n) is 12.6. The largest absolute Gasteiger partial charge is 0.495 e. The van der Waals surface area contributed by atoms with Gasteiger partial charge in [-0.15, -0.1) is 0 Å². The lowest BCUT2D eigenvalue weighted by Crippen LogP contribution is -2.13. The van der Waals surface area contributed by atoms with Gasteiger partial charge in [0, 0.05) is 0 Å². The first-order chi connectivity index (χ1) is 11.5. The van der Waals surface area contributed by atoms with Gasteiger partial charge in [-0.2, -0.15) is 0 Å². The molecule has 2 aromatic carbocycles. The van der Waals surface area contributed by atoms with Gasteiger partial charge in [0.2, 0.25) is 5.88 Å². The number of rotatable bonds is 5. The molecule has 1 heterocycles. The van der Waals surface area contributed by atoms with Gasteiger partial charge in [-0.05, 0) is 23.8 Å². The summed E-state index contributed by atoms with van der Waals surface area (Å²) in [5.74, 6) is 0.424. The first-order valence-corrected chi connectivity index (χ1v) is 8.74. The van der Waals surface area contributed by atoms with Gasteiger partial charge in [-0.3, -0.25) is 0 Å². The zero-order valence-corrected chi connectivity index (χ0v) is 14.1. The number of benzene rings is 2. The molecule has 124 valence electrons. The van der Waals surface area contributed by atoms with E-state index in [1.54, 1.807) is 0 Å². The predicted octanol–water partition coefficient (Wildman–Crippen LogP) is 3.80. The maximum absolute atomic E-state index is 12.5. The molecule has 6 nitrogen and oxygen atoms in total. The van der Waals surface area contributed by atoms with Crippen molar-refractivity contribution < 1.29 is 17.7 Å². The van der Waals surface area contributed by atoms with Gasteiger partial charge in [0.1, 0.15) is 5.75 Å². The molecule has 1 aromatic heterocycles. The highest BCUT2D eigenvalue weighted by atomic mass is 35.5. The topological polar surface area (TPSA) is 81.4 Å². The van der Waals surface area contributed by atoms with Crippen LogP contribution >= 0.6 is 11.6 Å². The van der Waals surface area contributed by atoms with Crippen LogP contribution in [0.5, 0.6) is 5.75 Å². The van der Waals surface area contributed by atoms with Crippen LogP contribution in [0.3, 0.4) is 0 Å². The number of ether oxygens (including phenoxy) is 1. The Hall–Kier alpha value is -2.51. The number of hydrogen-bond acceptors (Lipinski definition) is 5. The maximum Gasteiger partial charge on any atom is 0.264 e. The van der Waals surface area contributed by atoms with Crippen molar-refractivity contribution in [3.63, 3.8) is 0 Å². The van der Waals surface area contributed by atoms with E-state index in [1.165, 1.54) is 31.5 Å². The highest BCUT2D eigenvalue weighted by Gasteiger charge is 2.21. The van der Waals surface area contributed by atoms with Crippen molar-refractivity contribution in [3.05, 3.63) is 59.8 Å². The summed E-state index contributed by atoms with van der Waals surface area (Å²) in [4.78, 5) is -0.0105. The normalized spacial score (nSPS) is 11.2. The molecular weight excluding hydrogens is 352 g/mol. The van der Waals surface area contributed by atoms with Crippen molar-refractivity contribution in [1.82, 2.24) is 5.16 Å². The molecule has 1 N–H and O–H groups in total. The Balaban J connectivity index is 1.94. The Morgan fingerprint density at radius 1 is 1.17 bits per heavy atom. The van der Waals surface area contributed by atoms with Crippen LogP contribution in [-0.2, 0) is 10.0 Å². The van der Waals surface area contributed by atoms with E-state index in [0.29, 0.717) is 11.3 Å². The third kappa shape index (κ3) is 3.22. The average molecular weight is 365 g/mol. The third-order valence-electron chi connectivity index (χ3n) is 3.32. The quantitative estimate of drug-likeness (QED) is 0.744. The van der Waals surface area contributed by atoms with E-state index in [-0.39, 0.29) is 15.8 Å². The molecule has 0 aliphatic rings. The van der Waals surface area contributed by atoms with E-state index < -0.39 is 10.0 Å². The third-order valence-corrected chi connectivity index (χ3v) is 4.94. The molecule has 0 saturated carbocycles. The number of methoxy groups -OCH3 is 1. The fourth-order valence-electron chi connectivity index (χ4n) is 2.13. The van der Waals surface area contributed by atoms with Gasteiger partial charge >= 0.3 is 0 Å². The molecule has 0 fully saturated rings. The zero-order chi connectivity index (χ0) is 17.2. The van der Waals surface area contributed by atoms with E-state index in [2.05, 4.69) is 9.88 Å². The van der Waals surface area contributed by atoms with Crippen LogP contribution in [-0.4, -0.2) is 20.7 Å². The van der Waals surface area contributed by atoms with Gasteiger partial charge in [0.05, 0.1) is 28.8 Å². The summed E-state index contributed by atoms with van der Waals surface area (Å²) in [5, 5.41) is 3.87. The summed E-state index contributed by atoms with van der Waals surface area (Å²) < 4.78 is 37.5. The van der Waals surface area contributed by atoms with Gasteiger partial charge in [-0.1, -0.05) is 47.1 Å². The smallest absolute Gasteiger partial charge is 0.264 e. The number of nitrogens with one attached hydrogen (secondary N) is 1. The predicted molar refractivity (Wildman–Crippen MR) is 90.8 cm³/mol. The molecule has 0 radical (unpaired) electrons. The maximum atomic E-state index is 12.5. The Kier molecular flexibility index (Phi) is 4.46. The number of sulfonamides is 1. The van der Waals surface area contributed by atoms with Crippen molar-refractivity contribution >= 4 is 27.5 Å². The van der Waals surface area contributed by atoms with E-state index >= 15 is 0 Å². The minimum Gasteiger partial charge on any atom is -0.495 e. The number of hydrogen-bond donors (Lipinski definition) is 1. The lowest BCUT2D eigenvalue weighted by molar-refractivity contribution is 0.414. The van der Waals surface area contributed by atoms with Gasteiger partial charge in [-0.25, -0.2) is 13.1 Å². The number of anilines is 1. The average Bonchev–Trinajstić information content (AvgIpc) is 3.03. The Morgan fingerprint density at radius 3 is 2.58 bits per heavy atom. The summed E-state index contributed by atoms with van der Waals surface area (Å²) in [6, 6.07) is 13.4. The first-order valence-electron chi connectivity index (χ1n) is 6.88. The molecule has 0 unspecified atom stereocenters. The molecule has 3 rings (SSSR count). The monoisotopic (exact) mass is 364 g/mol. The van der Waals surface area contributed by atoms with E-state index in [9.17, 15) is 8.42 Å². The Labute approximate surface area is 144 Å². The summed E-state index contributed by atoms with van der Waals surface area (Å²) >= 11 is 5.99. The lowest BCUT2D eigenvalue weighted by atomic mass is 10.1. The molecule has 24 heavy (non-hydrogen) atoms. The van der Waals surface area contributed by atoms with Gasteiger partial charge in [0.15, 0.2) is 0 Å². The van der Waals surface area contributed by atoms with Crippen molar-refractivity contribution in [2.75, 3.05) is 11.8 Å². The molecular formula is C16H13ClN2O4S. The highest BCUT2D eigenvalue weighted by molar-refractivity contribution is 7.92. The van der Waals surface area contributed by atoms with E-state index in [1.807, 2.05) is 30.3 Å². The lowest BCUT2D eigenvalue weighted by Gasteiger charge is -2.09. The fraction of sp³-hybridized carbons (Fsp3) is 0.0625. The number of nitrogens with zero attached hydrogens (tertiary/aromatic N) is 1. The van der Waals surface area contributed by atoms with E-state index in [4.69, 9.17) is 20.9 Å². The molecule has 0 bridgehead atoms. The summed E-state index contributed by atoms with van der Waals surface area (Å²) in [5.41, 5.74) is 1.32. The van der Waals surface area contributed by atoms with Crippen LogP contribution in [0.25, 0.3) is 11.1 Å². The molecule has 0 amide bonds.